The SMILES string of the molecule is CN(C)C(=O)CN(C)S(=O)(=O)c1cc(Br)ccc1F. The molecule has 0 aliphatic heterocycles. The average molecular weight is 353 g/mol. The summed E-state index contributed by atoms with van der Waals surface area (Å²) in [5.41, 5.74) is 0. The van der Waals surface area contributed by atoms with E-state index in [1.54, 1.807) is 0 Å². The lowest BCUT2D eigenvalue weighted by molar-refractivity contribution is -0.128. The highest BCUT2D eigenvalue weighted by Crippen LogP contribution is 2.22. The first-order valence-electron chi connectivity index (χ1n) is 5.28. The monoisotopic (exact) mass is 352 g/mol. The highest BCUT2D eigenvalue weighted by Gasteiger charge is 2.26. The minimum atomic E-state index is -4.04. The molecule has 106 valence electrons. The molecule has 1 aromatic carbocycles. The molecular formula is C11H14BrFN2O3S. The average Bonchev–Trinajstić information content (AvgIpc) is 2.31. The number of amides is 1. The highest BCUT2D eigenvalue weighted by molar-refractivity contribution is 9.10. The van der Waals surface area contributed by atoms with Gasteiger partial charge in [-0.05, 0) is 18.2 Å². The maximum absolute atomic E-state index is 13.6. The van der Waals surface area contributed by atoms with Crippen LogP contribution in [0.1, 0.15) is 0 Å². The second kappa shape index (κ2) is 5.98. The zero-order valence-corrected chi connectivity index (χ0v) is 13.1. The largest absolute Gasteiger partial charge is 0.348 e. The summed E-state index contributed by atoms with van der Waals surface area (Å²) in [4.78, 5) is 12.3. The quantitative estimate of drug-likeness (QED) is 0.820. The van der Waals surface area contributed by atoms with Crippen molar-refractivity contribution in [1.29, 1.82) is 0 Å². The number of carbonyl (C=O) groups excluding carboxylic acids is 1. The Labute approximate surface area is 120 Å². The summed E-state index contributed by atoms with van der Waals surface area (Å²) in [5, 5.41) is 0. The molecule has 0 atom stereocenters. The summed E-state index contributed by atoms with van der Waals surface area (Å²) in [7, 11) is 0.226. The van der Waals surface area contributed by atoms with Crippen LogP contribution in [0.15, 0.2) is 27.6 Å². The molecule has 0 spiro atoms. The van der Waals surface area contributed by atoms with Gasteiger partial charge in [0.25, 0.3) is 0 Å². The number of hydrogen-bond donors (Lipinski definition) is 0. The van der Waals surface area contributed by atoms with Gasteiger partial charge in [0.15, 0.2) is 0 Å². The normalized spacial score (nSPS) is 11.7. The maximum atomic E-state index is 13.6. The van der Waals surface area contributed by atoms with Crippen molar-refractivity contribution in [2.45, 2.75) is 4.90 Å². The van der Waals surface area contributed by atoms with Crippen LogP contribution in [0.5, 0.6) is 0 Å². The Morgan fingerprint density at radius 3 is 2.42 bits per heavy atom. The lowest BCUT2D eigenvalue weighted by Crippen LogP contribution is -2.38. The van der Waals surface area contributed by atoms with Crippen LogP contribution >= 0.6 is 15.9 Å². The number of benzene rings is 1. The smallest absolute Gasteiger partial charge is 0.246 e. The van der Waals surface area contributed by atoms with Crippen molar-refractivity contribution in [3.8, 4) is 0 Å². The van der Waals surface area contributed by atoms with Crippen LogP contribution in [0, 0.1) is 5.82 Å². The van der Waals surface area contributed by atoms with Gasteiger partial charge in [0.05, 0.1) is 6.54 Å². The number of hydrogen-bond acceptors (Lipinski definition) is 3. The fourth-order valence-electron chi connectivity index (χ4n) is 1.26. The van der Waals surface area contributed by atoms with E-state index in [-0.39, 0.29) is 12.5 Å². The van der Waals surface area contributed by atoms with Gasteiger partial charge in [-0.1, -0.05) is 15.9 Å². The number of halogens is 2. The molecule has 0 bridgehead atoms. The van der Waals surface area contributed by atoms with Crippen LogP contribution in [0.2, 0.25) is 0 Å². The fraction of sp³-hybridized carbons (Fsp3) is 0.364. The van der Waals surface area contributed by atoms with E-state index in [1.807, 2.05) is 0 Å². The predicted octanol–water partition coefficient (Wildman–Crippen LogP) is 1.30. The second-order valence-electron chi connectivity index (χ2n) is 4.12. The van der Waals surface area contributed by atoms with Crippen LogP contribution in [0.25, 0.3) is 0 Å². The predicted molar refractivity (Wildman–Crippen MR) is 72.6 cm³/mol. The van der Waals surface area contributed by atoms with Crippen molar-refractivity contribution in [1.82, 2.24) is 9.21 Å². The fourth-order valence-corrected chi connectivity index (χ4v) is 2.98. The summed E-state index contributed by atoms with van der Waals surface area (Å²) in [6.07, 6.45) is 0. The van der Waals surface area contributed by atoms with E-state index >= 15 is 0 Å². The molecule has 5 nitrogen and oxygen atoms in total. The van der Waals surface area contributed by atoms with Crippen molar-refractivity contribution in [2.75, 3.05) is 27.7 Å². The van der Waals surface area contributed by atoms with Crippen molar-refractivity contribution < 1.29 is 17.6 Å². The van der Waals surface area contributed by atoms with E-state index in [0.717, 1.165) is 10.4 Å². The van der Waals surface area contributed by atoms with Crippen molar-refractivity contribution >= 4 is 31.9 Å². The van der Waals surface area contributed by atoms with Crippen LogP contribution in [-0.2, 0) is 14.8 Å². The van der Waals surface area contributed by atoms with Gasteiger partial charge in [-0.15, -0.1) is 0 Å². The van der Waals surface area contributed by atoms with Crippen LogP contribution in [0.4, 0.5) is 4.39 Å². The molecular weight excluding hydrogens is 339 g/mol. The van der Waals surface area contributed by atoms with Crippen molar-refractivity contribution in [3.05, 3.63) is 28.5 Å². The standard InChI is InChI=1S/C11H14BrFN2O3S/c1-14(2)11(16)7-15(3)19(17,18)10-6-8(12)4-5-9(10)13/h4-6H,7H2,1-3H3. The first-order chi connectivity index (χ1) is 8.66. The van der Waals surface area contributed by atoms with Crippen LogP contribution in [0.3, 0.4) is 0 Å². The van der Waals surface area contributed by atoms with Gasteiger partial charge in [-0.25, -0.2) is 12.8 Å². The summed E-state index contributed by atoms with van der Waals surface area (Å²) < 4.78 is 39.2. The summed E-state index contributed by atoms with van der Waals surface area (Å²) >= 11 is 3.09. The Hall–Kier alpha value is -0.990. The van der Waals surface area contributed by atoms with Crippen LogP contribution in [-0.4, -0.2) is 51.2 Å². The van der Waals surface area contributed by atoms with Gasteiger partial charge in [0.2, 0.25) is 15.9 Å². The molecule has 0 unspecified atom stereocenters. The molecule has 0 aromatic heterocycles. The van der Waals surface area contributed by atoms with Gasteiger partial charge < -0.3 is 4.90 Å². The first kappa shape index (κ1) is 16.1. The molecule has 0 N–H and O–H groups in total. The van der Waals surface area contributed by atoms with E-state index in [1.165, 1.54) is 38.2 Å². The van der Waals surface area contributed by atoms with Gasteiger partial charge in [-0.3, -0.25) is 4.79 Å². The molecule has 1 aromatic rings. The zero-order chi connectivity index (χ0) is 14.8. The third kappa shape index (κ3) is 3.74. The molecule has 1 amide bonds. The Morgan fingerprint density at radius 2 is 1.89 bits per heavy atom. The third-order valence-corrected chi connectivity index (χ3v) is 4.75. The number of rotatable bonds is 4. The summed E-state index contributed by atoms with van der Waals surface area (Å²) in [6.45, 7) is -0.346. The molecule has 0 radical (unpaired) electrons. The topological polar surface area (TPSA) is 57.7 Å². The van der Waals surface area contributed by atoms with Gasteiger partial charge in [-0.2, -0.15) is 4.31 Å². The van der Waals surface area contributed by atoms with E-state index < -0.39 is 20.7 Å². The summed E-state index contributed by atoms with van der Waals surface area (Å²) in [5.74, 6) is -1.24. The van der Waals surface area contributed by atoms with Crippen LogP contribution < -0.4 is 0 Å². The molecule has 1 rings (SSSR count). The minimum Gasteiger partial charge on any atom is -0.348 e. The van der Waals surface area contributed by atoms with E-state index in [2.05, 4.69) is 15.9 Å². The number of likely N-dealkylation sites (N-methyl/N-ethyl adjacent to an activating group) is 2. The number of carbonyl (C=O) groups is 1. The minimum absolute atomic E-state index is 0.346. The van der Waals surface area contributed by atoms with Crippen molar-refractivity contribution in [3.63, 3.8) is 0 Å². The maximum Gasteiger partial charge on any atom is 0.246 e. The van der Waals surface area contributed by atoms with Gasteiger partial charge in [0.1, 0.15) is 10.7 Å². The van der Waals surface area contributed by atoms with E-state index in [4.69, 9.17) is 0 Å². The first-order valence-corrected chi connectivity index (χ1v) is 7.51. The Morgan fingerprint density at radius 1 is 1.32 bits per heavy atom. The third-order valence-electron chi connectivity index (χ3n) is 2.44. The molecule has 8 heteroatoms. The van der Waals surface area contributed by atoms with E-state index in [0.29, 0.717) is 4.47 Å². The van der Waals surface area contributed by atoms with E-state index in [9.17, 15) is 17.6 Å². The van der Waals surface area contributed by atoms with Crippen molar-refractivity contribution in [2.24, 2.45) is 0 Å². The highest BCUT2D eigenvalue weighted by atomic mass is 79.9. The second-order valence-corrected chi connectivity index (χ2v) is 7.05. The van der Waals surface area contributed by atoms with Gasteiger partial charge >= 0.3 is 0 Å². The zero-order valence-electron chi connectivity index (χ0n) is 10.7. The molecule has 0 fully saturated rings. The Bertz CT molecular complexity index is 590. The van der Waals surface area contributed by atoms with Gasteiger partial charge in [0, 0.05) is 25.6 Å². The molecule has 19 heavy (non-hydrogen) atoms. The number of sulfonamides is 1. The number of nitrogens with zero attached hydrogens (tertiary/aromatic N) is 2. The summed E-state index contributed by atoms with van der Waals surface area (Å²) in [6, 6.07) is 3.62. The molecule has 0 aliphatic rings. The molecule has 0 saturated carbocycles. The Kier molecular flexibility index (Phi) is 5.05. The Balaban J connectivity index is 3.10. The molecule has 0 heterocycles. The lowest BCUT2D eigenvalue weighted by Gasteiger charge is -2.19. The lowest BCUT2D eigenvalue weighted by atomic mass is 10.3. The molecule has 0 saturated heterocycles. The molecule has 0 aliphatic carbocycles.